The maximum absolute atomic E-state index is 11.3. The second-order valence-corrected chi connectivity index (χ2v) is 5.79. The molecule has 1 aromatic carbocycles. The molecule has 5 heteroatoms. The summed E-state index contributed by atoms with van der Waals surface area (Å²) in [6.45, 7) is 2.48. The summed E-state index contributed by atoms with van der Waals surface area (Å²) in [4.78, 5) is 13.5. The summed E-state index contributed by atoms with van der Waals surface area (Å²) < 4.78 is 6.12. The van der Waals surface area contributed by atoms with Crippen LogP contribution in [-0.2, 0) is 4.74 Å². The van der Waals surface area contributed by atoms with Crippen LogP contribution in [0.2, 0.25) is 0 Å². The summed E-state index contributed by atoms with van der Waals surface area (Å²) in [7, 11) is 1.71. The summed E-state index contributed by atoms with van der Waals surface area (Å²) in [5.74, 6) is -0.407. The molecular formula is C14H18BrNO3. The van der Waals surface area contributed by atoms with Crippen molar-refractivity contribution in [3.63, 3.8) is 0 Å². The van der Waals surface area contributed by atoms with Gasteiger partial charge >= 0.3 is 5.97 Å². The Kier molecular flexibility index (Phi) is 4.82. The molecule has 1 heterocycles. The van der Waals surface area contributed by atoms with E-state index in [0.717, 1.165) is 42.7 Å². The Labute approximate surface area is 121 Å². The predicted molar refractivity (Wildman–Crippen MR) is 77.9 cm³/mol. The lowest BCUT2D eigenvalue weighted by Crippen LogP contribution is -2.37. The number of hydrogen-bond acceptors (Lipinski definition) is 3. The van der Waals surface area contributed by atoms with E-state index >= 15 is 0 Å². The number of piperidine rings is 1. The number of hydrogen-bond donors (Lipinski definition) is 1. The molecule has 4 nitrogen and oxygen atoms in total. The van der Waals surface area contributed by atoms with E-state index in [0.29, 0.717) is 11.5 Å². The third-order valence-electron chi connectivity index (χ3n) is 3.45. The van der Waals surface area contributed by atoms with Gasteiger partial charge in [0.1, 0.15) is 0 Å². The molecule has 1 N–H and O–H groups in total. The number of ether oxygens (including phenoxy) is 1. The van der Waals surface area contributed by atoms with Crippen LogP contribution in [0.5, 0.6) is 0 Å². The fourth-order valence-corrected chi connectivity index (χ4v) is 2.95. The number of nitrogens with zero attached hydrogens (tertiary/aromatic N) is 1. The smallest absolute Gasteiger partial charge is 0.337 e. The van der Waals surface area contributed by atoms with Gasteiger partial charge in [0, 0.05) is 24.7 Å². The summed E-state index contributed by atoms with van der Waals surface area (Å²) >= 11 is 3.41. The SMILES string of the molecule is COCC1CCCN(c2cc(Br)ccc2C(=O)O)C1. The quantitative estimate of drug-likeness (QED) is 0.923. The number of halogens is 1. The van der Waals surface area contributed by atoms with E-state index in [-0.39, 0.29) is 0 Å². The van der Waals surface area contributed by atoms with Gasteiger partial charge < -0.3 is 14.7 Å². The van der Waals surface area contributed by atoms with E-state index in [1.165, 1.54) is 0 Å². The maximum atomic E-state index is 11.3. The zero-order chi connectivity index (χ0) is 13.8. The highest BCUT2D eigenvalue weighted by Gasteiger charge is 2.23. The van der Waals surface area contributed by atoms with Gasteiger partial charge in [-0.3, -0.25) is 0 Å². The van der Waals surface area contributed by atoms with Crippen LogP contribution >= 0.6 is 15.9 Å². The highest BCUT2D eigenvalue weighted by atomic mass is 79.9. The molecule has 2 rings (SSSR count). The molecule has 0 saturated carbocycles. The fourth-order valence-electron chi connectivity index (χ4n) is 2.60. The van der Waals surface area contributed by atoms with E-state index in [1.54, 1.807) is 19.2 Å². The van der Waals surface area contributed by atoms with Gasteiger partial charge in [0.15, 0.2) is 0 Å². The first-order valence-electron chi connectivity index (χ1n) is 6.38. The van der Waals surface area contributed by atoms with Crippen molar-refractivity contribution in [2.24, 2.45) is 5.92 Å². The first kappa shape index (κ1) is 14.3. The first-order chi connectivity index (χ1) is 9.11. The van der Waals surface area contributed by atoms with Crippen molar-refractivity contribution < 1.29 is 14.6 Å². The number of benzene rings is 1. The van der Waals surface area contributed by atoms with Crippen LogP contribution in [0.1, 0.15) is 23.2 Å². The first-order valence-corrected chi connectivity index (χ1v) is 7.18. The minimum Gasteiger partial charge on any atom is -0.478 e. The van der Waals surface area contributed by atoms with Crippen LogP contribution in [0.25, 0.3) is 0 Å². The highest BCUT2D eigenvalue weighted by Crippen LogP contribution is 2.29. The number of carbonyl (C=O) groups is 1. The van der Waals surface area contributed by atoms with E-state index in [1.807, 2.05) is 6.07 Å². The van der Waals surface area contributed by atoms with E-state index in [2.05, 4.69) is 20.8 Å². The Hall–Kier alpha value is -1.07. The largest absolute Gasteiger partial charge is 0.478 e. The number of anilines is 1. The van der Waals surface area contributed by atoms with Crippen molar-refractivity contribution in [3.8, 4) is 0 Å². The van der Waals surface area contributed by atoms with E-state index < -0.39 is 5.97 Å². The van der Waals surface area contributed by atoms with Gasteiger partial charge in [-0.2, -0.15) is 0 Å². The number of methoxy groups -OCH3 is 1. The van der Waals surface area contributed by atoms with Gasteiger partial charge in [-0.15, -0.1) is 0 Å². The molecule has 0 spiro atoms. The predicted octanol–water partition coefficient (Wildman–Crippen LogP) is 3.01. The molecule has 1 aliphatic rings. The highest BCUT2D eigenvalue weighted by molar-refractivity contribution is 9.10. The van der Waals surface area contributed by atoms with Gasteiger partial charge in [0.25, 0.3) is 0 Å². The van der Waals surface area contributed by atoms with Gasteiger partial charge in [0.05, 0.1) is 17.9 Å². The fraction of sp³-hybridized carbons (Fsp3) is 0.500. The zero-order valence-electron chi connectivity index (χ0n) is 10.9. The molecule has 1 fully saturated rings. The van der Waals surface area contributed by atoms with Gasteiger partial charge in [0.2, 0.25) is 0 Å². The second-order valence-electron chi connectivity index (χ2n) is 4.88. The summed E-state index contributed by atoms with van der Waals surface area (Å²) in [6.07, 6.45) is 2.21. The average molecular weight is 328 g/mol. The van der Waals surface area contributed by atoms with Crippen molar-refractivity contribution in [1.82, 2.24) is 0 Å². The van der Waals surface area contributed by atoms with Gasteiger partial charge in [-0.25, -0.2) is 4.79 Å². The Morgan fingerprint density at radius 1 is 1.58 bits per heavy atom. The van der Waals surface area contributed by atoms with Crippen LogP contribution in [0.15, 0.2) is 22.7 Å². The number of carboxylic acids is 1. The third-order valence-corrected chi connectivity index (χ3v) is 3.95. The lowest BCUT2D eigenvalue weighted by molar-refractivity contribution is 0.0697. The molecule has 0 aromatic heterocycles. The summed E-state index contributed by atoms with van der Waals surface area (Å²) in [5, 5.41) is 9.29. The molecule has 104 valence electrons. The Morgan fingerprint density at radius 2 is 2.37 bits per heavy atom. The third kappa shape index (κ3) is 3.48. The van der Waals surface area contributed by atoms with Crippen LogP contribution < -0.4 is 4.90 Å². The molecule has 0 aliphatic carbocycles. The second kappa shape index (κ2) is 6.39. The van der Waals surface area contributed by atoms with Crippen LogP contribution in [0.4, 0.5) is 5.69 Å². The van der Waals surface area contributed by atoms with E-state index in [4.69, 9.17) is 4.74 Å². The Balaban J connectivity index is 2.24. The molecule has 19 heavy (non-hydrogen) atoms. The van der Waals surface area contributed by atoms with Crippen molar-refractivity contribution in [2.45, 2.75) is 12.8 Å². The van der Waals surface area contributed by atoms with Gasteiger partial charge in [-0.1, -0.05) is 15.9 Å². The minimum absolute atomic E-state index is 0.362. The zero-order valence-corrected chi connectivity index (χ0v) is 12.5. The van der Waals surface area contributed by atoms with Gasteiger partial charge in [-0.05, 0) is 37.0 Å². The van der Waals surface area contributed by atoms with Crippen molar-refractivity contribution in [1.29, 1.82) is 0 Å². The Bertz CT molecular complexity index is 462. The number of carboxylic acid groups (broad SMARTS) is 1. The normalized spacial score (nSPS) is 19.5. The lowest BCUT2D eigenvalue weighted by atomic mass is 9.97. The monoisotopic (exact) mass is 327 g/mol. The number of rotatable bonds is 4. The molecule has 1 atom stereocenters. The van der Waals surface area contributed by atoms with Crippen molar-refractivity contribution in [2.75, 3.05) is 31.7 Å². The van der Waals surface area contributed by atoms with Crippen LogP contribution in [0, 0.1) is 5.92 Å². The van der Waals surface area contributed by atoms with Crippen LogP contribution in [-0.4, -0.2) is 37.9 Å². The van der Waals surface area contributed by atoms with Crippen LogP contribution in [0.3, 0.4) is 0 Å². The summed E-state index contributed by atoms with van der Waals surface area (Å²) in [5.41, 5.74) is 1.16. The standard InChI is InChI=1S/C14H18BrNO3/c1-19-9-10-3-2-6-16(8-10)13-7-11(15)4-5-12(13)14(17)18/h4-5,7,10H,2-3,6,8-9H2,1H3,(H,17,18). The molecular weight excluding hydrogens is 310 g/mol. The van der Waals surface area contributed by atoms with E-state index in [9.17, 15) is 9.90 Å². The maximum Gasteiger partial charge on any atom is 0.337 e. The molecule has 1 aliphatic heterocycles. The van der Waals surface area contributed by atoms with Crippen molar-refractivity contribution >= 4 is 27.6 Å². The molecule has 1 unspecified atom stereocenters. The molecule has 1 aromatic rings. The Morgan fingerprint density at radius 3 is 3.05 bits per heavy atom. The van der Waals surface area contributed by atoms with Crippen molar-refractivity contribution in [3.05, 3.63) is 28.2 Å². The topological polar surface area (TPSA) is 49.8 Å². The molecule has 0 bridgehead atoms. The number of aromatic carboxylic acids is 1. The lowest BCUT2D eigenvalue weighted by Gasteiger charge is -2.35. The minimum atomic E-state index is -0.878. The average Bonchev–Trinajstić information content (AvgIpc) is 2.39. The molecule has 0 amide bonds. The molecule has 0 radical (unpaired) electrons. The molecule has 1 saturated heterocycles. The summed E-state index contributed by atoms with van der Waals surface area (Å²) in [6, 6.07) is 5.31.